The van der Waals surface area contributed by atoms with Crippen LogP contribution in [0.4, 0.5) is 0 Å². The Kier molecular flexibility index (Phi) is 4.05. The Morgan fingerprint density at radius 1 is 1.29 bits per heavy atom. The number of benzene rings is 1. The number of aryl methyl sites for hydroxylation is 1. The lowest BCUT2D eigenvalue weighted by molar-refractivity contribution is 0.288. The molecule has 0 radical (unpaired) electrons. The summed E-state index contributed by atoms with van der Waals surface area (Å²) in [6, 6.07) is 5.29. The molecule has 0 fully saturated rings. The predicted octanol–water partition coefficient (Wildman–Crippen LogP) is 3.10. The number of hydrogen-bond donors (Lipinski definition) is 1. The number of aliphatic hydroxyl groups is 1. The first-order valence-corrected chi connectivity index (χ1v) is 6.06. The first-order valence-electron chi connectivity index (χ1n) is 5.30. The average Bonchev–Trinajstić information content (AvgIpc) is 2.75. The van der Waals surface area contributed by atoms with Gasteiger partial charge in [0.15, 0.2) is 0 Å². The van der Waals surface area contributed by atoms with E-state index < -0.39 is 0 Å². The van der Waals surface area contributed by atoms with Crippen molar-refractivity contribution in [2.24, 2.45) is 0 Å². The van der Waals surface area contributed by atoms with Crippen molar-refractivity contribution in [1.82, 2.24) is 9.78 Å². The molecule has 0 amide bonds. The van der Waals surface area contributed by atoms with Gasteiger partial charge in [-0.3, -0.25) is 0 Å². The van der Waals surface area contributed by atoms with Crippen molar-refractivity contribution < 1.29 is 5.11 Å². The van der Waals surface area contributed by atoms with Crippen LogP contribution >= 0.6 is 23.2 Å². The summed E-state index contributed by atoms with van der Waals surface area (Å²) < 4.78 is 1.71. The van der Waals surface area contributed by atoms with E-state index in [0.29, 0.717) is 10.0 Å². The summed E-state index contributed by atoms with van der Waals surface area (Å²) in [5.74, 6) is 0. The summed E-state index contributed by atoms with van der Waals surface area (Å²) in [6.45, 7) is 0.187. The van der Waals surface area contributed by atoms with Crippen molar-refractivity contribution in [2.75, 3.05) is 6.61 Å². The van der Waals surface area contributed by atoms with Crippen LogP contribution < -0.4 is 0 Å². The molecule has 1 heterocycles. The maximum absolute atomic E-state index is 8.76. The zero-order valence-corrected chi connectivity index (χ0v) is 10.6. The van der Waals surface area contributed by atoms with Crippen molar-refractivity contribution in [3.63, 3.8) is 0 Å². The van der Waals surface area contributed by atoms with Gasteiger partial charge in [-0.25, -0.2) is 4.68 Å². The minimum Gasteiger partial charge on any atom is -0.396 e. The summed E-state index contributed by atoms with van der Waals surface area (Å²) in [5, 5.41) is 14.2. The second-order valence-electron chi connectivity index (χ2n) is 3.72. The molecule has 1 N–H and O–H groups in total. The van der Waals surface area contributed by atoms with Gasteiger partial charge in [-0.1, -0.05) is 23.2 Å². The lowest BCUT2D eigenvalue weighted by Gasteiger charge is -2.04. The zero-order chi connectivity index (χ0) is 12.3. The normalized spacial score (nSPS) is 10.8. The molecule has 0 aliphatic rings. The van der Waals surface area contributed by atoms with E-state index in [2.05, 4.69) is 5.10 Å². The highest BCUT2D eigenvalue weighted by atomic mass is 35.5. The summed E-state index contributed by atoms with van der Waals surface area (Å²) in [5.41, 5.74) is 1.87. The Balaban J connectivity index is 2.24. The number of aliphatic hydroxyl groups excluding tert-OH is 1. The third-order valence-electron chi connectivity index (χ3n) is 2.42. The summed E-state index contributed by atoms with van der Waals surface area (Å²) >= 11 is 11.9. The standard InChI is InChI=1S/C12H12Cl2N2O/c13-10-3-4-12(11(14)6-10)16-8-9(7-15-16)2-1-5-17/h3-4,6-8,17H,1-2,5H2. The van der Waals surface area contributed by atoms with Gasteiger partial charge in [-0.05, 0) is 36.6 Å². The molecule has 90 valence electrons. The van der Waals surface area contributed by atoms with E-state index in [1.807, 2.05) is 12.3 Å². The van der Waals surface area contributed by atoms with Crippen LogP contribution in [0.1, 0.15) is 12.0 Å². The minimum atomic E-state index is 0.187. The van der Waals surface area contributed by atoms with Gasteiger partial charge >= 0.3 is 0 Å². The second kappa shape index (κ2) is 5.54. The van der Waals surface area contributed by atoms with E-state index in [0.717, 1.165) is 24.1 Å². The van der Waals surface area contributed by atoms with E-state index in [4.69, 9.17) is 28.3 Å². The Labute approximate surface area is 110 Å². The van der Waals surface area contributed by atoms with Crippen LogP contribution in [0.3, 0.4) is 0 Å². The maximum Gasteiger partial charge on any atom is 0.0832 e. The summed E-state index contributed by atoms with van der Waals surface area (Å²) in [7, 11) is 0. The van der Waals surface area contributed by atoms with Crippen molar-refractivity contribution in [3.8, 4) is 5.69 Å². The van der Waals surface area contributed by atoms with E-state index in [1.165, 1.54) is 0 Å². The van der Waals surface area contributed by atoms with Crippen molar-refractivity contribution in [1.29, 1.82) is 0 Å². The predicted molar refractivity (Wildman–Crippen MR) is 69.0 cm³/mol. The number of halogens is 2. The van der Waals surface area contributed by atoms with Gasteiger partial charge in [-0.2, -0.15) is 5.10 Å². The molecule has 0 saturated heterocycles. The SMILES string of the molecule is OCCCc1cnn(-c2ccc(Cl)cc2Cl)c1. The van der Waals surface area contributed by atoms with E-state index in [-0.39, 0.29) is 6.61 Å². The fraction of sp³-hybridized carbons (Fsp3) is 0.250. The largest absolute Gasteiger partial charge is 0.396 e. The molecule has 0 spiro atoms. The Bertz CT molecular complexity index is 511. The van der Waals surface area contributed by atoms with Gasteiger partial charge in [0.2, 0.25) is 0 Å². The molecule has 1 aromatic carbocycles. The third kappa shape index (κ3) is 3.00. The molecule has 5 heteroatoms. The lowest BCUT2D eigenvalue weighted by Crippen LogP contribution is -1.95. The van der Waals surface area contributed by atoms with Crippen molar-refractivity contribution >= 4 is 23.2 Å². The topological polar surface area (TPSA) is 38.1 Å². The quantitative estimate of drug-likeness (QED) is 0.927. The first-order chi connectivity index (χ1) is 8.20. The number of nitrogens with zero attached hydrogens (tertiary/aromatic N) is 2. The molecule has 0 unspecified atom stereocenters. The fourth-order valence-corrected chi connectivity index (χ4v) is 2.07. The van der Waals surface area contributed by atoms with Gasteiger partial charge in [0.1, 0.15) is 0 Å². The Morgan fingerprint density at radius 3 is 2.82 bits per heavy atom. The molecule has 0 bridgehead atoms. The highest BCUT2D eigenvalue weighted by Crippen LogP contribution is 2.24. The fourth-order valence-electron chi connectivity index (χ4n) is 1.57. The van der Waals surface area contributed by atoms with Gasteiger partial charge in [0.05, 0.1) is 16.9 Å². The summed E-state index contributed by atoms with van der Waals surface area (Å²) in [6.07, 6.45) is 5.23. The molecular formula is C12H12Cl2N2O. The van der Waals surface area contributed by atoms with Gasteiger partial charge in [-0.15, -0.1) is 0 Å². The Morgan fingerprint density at radius 2 is 2.12 bits per heavy atom. The molecule has 0 aliphatic carbocycles. The molecule has 2 aromatic rings. The lowest BCUT2D eigenvalue weighted by atomic mass is 10.2. The smallest absolute Gasteiger partial charge is 0.0832 e. The maximum atomic E-state index is 8.76. The second-order valence-corrected chi connectivity index (χ2v) is 4.56. The summed E-state index contributed by atoms with van der Waals surface area (Å²) in [4.78, 5) is 0. The van der Waals surface area contributed by atoms with Crippen LogP contribution in [0.25, 0.3) is 5.69 Å². The van der Waals surface area contributed by atoms with Crippen LogP contribution in [0.2, 0.25) is 10.0 Å². The van der Waals surface area contributed by atoms with Gasteiger partial charge < -0.3 is 5.11 Å². The molecule has 17 heavy (non-hydrogen) atoms. The van der Waals surface area contributed by atoms with Crippen LogP contribution in [0.5, 0.6) is 0 Å². The molecular weight excluding hydrogens is 259 g/mol. The third-order valence-corrected chi connectivity index (χ3v) is 2.95. The highest BCUT2D eigenvalue weighted by Gasteiger charge is 2.05. The van der Waals surface area contributed by atoms with E-state index in [1.54, 1.807) is 23.0 Å². The molecule has 0 saturated carbocycles. The minimum absolute atomic E-state index is 0.187. The molecule has 0 aliphatic heterocycles. The highest BCUT2D eigenvalue weighted by molar-refractivity contribution is 6.35. The van der Waals surface area contributed by atoms with Crippen molar-refractivity contribution in [2.45, 2.75) is 12.8 Å². The number of rotatable bonds is 4. The molecule has 3 nitrogen and oxygen atoms in total. The van der Waals surface area contributed by atoms with Crippen molar-refractivity contribution in [3.05, 3.63) is 46.2 Å². The average molecular weight is 271 g/mol. The molecule has 1 aromatic heterocycles. The van der Waals surface area contributed by atoms with E-state index >= 15 is 0 Å². The monoisotopic (exact) mass is 270 g/mol. The van der Waals surface area contributed by atoms with Crippen LogP contribution in [0.15, 0.2) is 30.6 Å². The Hall–Kier alpha value is -1.03. The van der Waals surface area contributed by atoms with Crippen LogP contribution in [-0.2, 0) is 6.42 Å². The van der Waals surface area contributed by atoms with E-state index in [9.17, 15) is 0 Å². The number of aromatic nitrogens is 2. The first kappa shape index (κ1) is 12.4. The van der Waals surface area contributed by atoms with Crippen LogP contribution in [0, 0.1) is 0 Å². The van der Waals surface area contributed by atoms with Crippen LogP contribution in [-0.4, -0.2) is 21.5 Å². The molecule has 2 rings (SSSR count). The van der Waals surface area contributed by atoms with Gasteiger partial charge in [0, 0.05) is 17.8 Å². The zero-order valence-electron chi connectivity index (χ0n) is 9.11. The van der Waals surface area contributed by atoms with Gasteiger partial charge in [0.25, 0.3) is 0 Å². The number of hydrogen-bond acceptors (Lipinski definition) is 2. The molecule has 0 atom stereocenters.